The maximum Gasteiger partial charge on any atom is 0.326 e. The Morgan fingerprint density at radius 1 is 0.703 bits per heavy atom. The third kappa shape index (κ3) is 14.7. The third-order valence-corrected chi connectivity index (χ3v) is 4.72. The van der Waals surface area contributed by atoms with Crippen molar-refractivity contribution >= 4 is 41.5 Å². The second-order valence-electron chi connectivity index (χ2n) is 7.88. The van der Waals surface area contributed by atoms with Crippen molar-refractivity contribution in [2.45, 2.75) is 56.3 Å². The Labute approximate surface area is 212 Å². The molecule has 0 aromatic heterocycles. The first kappa shape index (κ1) is 32.8. The lowest BCUT2D eigenvalue weighted by Crippen LogP contribution is -2.58. The van der Waals surface area contributed by atoms with Gasteiger partial charge in [-0.05, 0) is 25.7 Å². The Morgan fingerprint density at radius 3 is 1.62 bits per heavy atom. The number of carboxylic acids is 1. The second kappa shape index (κ2) is 17.3. The van der Waals surface area contributed by atoms with Crippen LogP contribution in [0.25, 0.3) is 0 Å². The highest BCUT2D eigenvalue weighted by Crippen LogP contribution is 2.02. The van der Waals surface area contributed by atoms with Crippen LogP contribution in [0.15, 0.2) is 9.98 Å². The standard InChI is InChI=1S/C19H37N11O7/c20-9(3-1-5-26-18(22)23)14(33)29-11(7-13(21)32)15(34)30-12(8-31)16(35)28-10(17(36)37)4-2-6-27-19(24)25/h9-12,31H,1-8,20H2,(H2,21,32)(H,28,35)(H,29,33)(H,30,34)(H,36,37)(H4,22,23,26)(H4,24,25,27). The van der Waals surface area contributed by atoms with E-state index in [2.05, 4.69) is 25.9 Å². The molecule has 37 heavy (non-hydrogen) atoms. The summed E-state index contributed by atoms with van der Waals surface area (Å²) in [5.74, 6) is -5.46. The highest BCUT2D eigenvalue weighted by atomic mass is 16.4. The summed E-state index contributed by atoms with van der Waals surface area (Å²) < 4.78 is 0. The van der Waals surface area contributed by atoms with E-state index in [0.29, 0.717) is 6.42 Å². The van der Waals surface area contributed by atoms with Gasteiger partial charge in [0.25, 0.3) is 0 Å². The molecule has 0 radical (unpaired) electrons. The van der Waals surface area contributed by atoms with Crippen molar-refractivity contribution in [2.24, 2.45) is 44.4 Å². The Morgan fingerprint density at radius 2 is 1.16 bits per heavy atom. The smallest absolute Gasteiger partial charge is 0.326 e. The molecule has 0 heterocycles. The number of nitrogens with zero attached hydrogens (tertiary/aromatic N) is 2. The number of aliphatic imine (C=N–C) groups is 2. The molecule has 0 saturated heterocycles. The quantitative estimate of drug-likeness (QED) is 0.0447. The molecule has 210 valence electrons. The van der Waals surface area contributed by atoms with Gasteiger partial charge in [0.2, 0.25) is 23.6 Å². The highest BCUT2D eigenvalue weighted by molar-refractivity contribution is 5.96. The van der Waals surface area contributed by atoms with Crippen LogP contribution in [0.3, 0.4) is 0 Å². The fourth-order valence-electron chi connectivity index (χ4n) is 2.84. The molecule has 0 aromatic carbocycles. The minimum Gasteiger partial charge on any atom is -0.480 e. The summed E-state index contributed by atoms with van der Waals surface area (Å²) in [6.45, 7) is -0.583. The van der Waals surface area contributed by atoms with E-state index in [1.165, 1.54) is 0 Å². The van der Waals surface area contributed by atoms with Crippen molar-refractivity contribution in [1.82, 2.24) is 16.0 Å². The summed E-state index contributed by atoms with van der Waals surface area (Å²) in [6, 6.07) is -5.58. The van der Waals surface area contributed by atoms with Crippen LogP contribution in [0.2, 0.25) is 0 Å². The van der Waals surface area contributed by atoms with Gasteiger partial charge in [0.1, 0.15) is 18.1 Å². The molecule has 4 unspecified atom stereocenters. The number of aliphatic hydroxyl groups excluding tert-OH is 1. The first-order valence-electron chi connectivity index (χ1n) is 11.2. The summed E-state index contributed by atoms with van der Waals surface area (Å²) in [5.41, 5.74) is 31.7. The van der Waals surface area contributed by atoms with Gasteiger partial charge in [-0.2, -0.15) is 0 Å². The van der Waals surface area contributed by atoms with Gasteiger partial charge in [0.15, 0.2) is 11.9 Å². The number of hydrogen-bond acceptors (Lipinski definition) is 9. The van der Waals surface area contributed by atoms with Crippen LogP contribution in [0.5, 0.6) is 0 Å². The first-order valence-corrected chi connectivity index (χ1v) is 11.2. The van der Waals surface area contributed by atoms with Crippen molar-refractivity contribution in [3.8, 4) is 0 Å². The van der Waals surface area contributed by atoms with Crippen molar-refractivity contribution in [1.29, 1.82) is 0 Å². The largest absolute Gasteiger partial charge is 0.480 e. The Kier molecular flexibility index (Phi) is 15.3. The molecule has 18 heteroatoms. The predicted molar refractivity (Wildman–Crippen MR) is 132 cm³/mol. The molecule has 0 aliphatic heterocycles. The molecule has 0 spiro atoms. The minimum absolute atomic E-state index is 0.0502. The number of primary amides is 1. The molecule has 0 aliphatic rings. The van der Waals surface area contributed by atoms with Crippen molar-refractivity contribution in [3.63, 3.8) is 0 Å². The SMILES string of the molecule is NC(=O)CC(NC(=O)C(N)CCCN=C(N)N)C(=O)NC(CO)C(=O)NC(CCCN=C(N)N)C(=O)O. The van der Waals surface area contributed by atoms with Crippen molar-refractivity contribution in [2.75, 3.05) is 19.7 Å². The summed E-state index contributed by atoms with van der Waals surface area (Å²) in [6.07, 6.45) is 0.0216. The number of aliphatic carboxylic acids is 1. The molecule has 0 aromatic rings. The average Bonchev–Trinajstić information content (AvgIpc) is 2.80. The zero-order chi connectivity index (χ0) is 28.5. The molecular formula is C19H37N11O7. The van der Waals surface area contributed by atoms with Gasteiger partial charge in [-0.3, -0.25) is 29.2 Å². The number of hydrogen-bond donors (Lipinski definition) is 11. The summed E-state index contributed by atoms with van der Waals surface area (Å²) in [7, 11) is 0. The van der Waals surface area contributed by atoms with Gasteiger partial charge in [-0.15, -0.1) is 0 Å². The molecule has 4 amide bonds. The lowest BCUT2D eigenvalue weighted by Gasteiger charge is -2.23. The normalized spacial score (nSPS) is 13.7. The summed E-state index contributed by atoms with van der Waals surface area (Å²) in [4.78, 5) is 67.9. The lowest BCUT2D eigenvalue weighted by atomic mass is 10.1. The Bertz CT molecular complexity index is 857. The number of nitrogens with one attached hydrogen (secondary N) is 3. The number of rotatable bonds is 18. The molecule has 0 bridgehead atoms. The van der Waals surface area contributed by atoms with E-state index < -0.39 is 66.8 Å². The van der Waals surface area contributed by atoms with E-state index in [9.17, 15) is 34.2 Å². The molecule has 0 aliphatic carbocycles. The fourth-order valence-corrected chi connectivity index (χ4v) is 2.84. The summed E-state index contributed by atoms with van der Waals surface area (Å²) >= 11 is 0. The lowest BCUT2D eigenvalue weighted by molar-refractivity contribution is -0.143. The van der Waals surface area contributed by atoms with Gasteiger partial charge < -0.3 is 60.6 Å². The van der Waals surface area contributed by atoms with E-state index in [1.54, 1.807) is 0 Å². The molecule has 17 N–H and O–H groups in total. The van der Waals surface area contributed by atoms with Crippen molar-refractivity contribution in [3.05, 3.63) is 0 Å². The van der Waals surface area contributed by atoms with Crippen LogP contribution in [0, 0.1) is 0 Å². The predicted octanol–water partition coefficient (Wildman–Crippen LogP) is -6.17. The number of nitrogens with two attached hydrogens (primary N) is 6. The fraction of sp³-hybridized carbons (Fsp3) is 0.632. The topological polar surface area (TPSA) is 343 Å². The van der Waals surface area contributed by atoms with Crippen LogP contribution in [-0.2, 0) is 24.0 Å². The van der Waals surface area contributed by atoms with Crippen LogP contribution in [0.4, 0.5) is 0 Å². The summed E-state index contributed by atoms with van der Waals surface area (Å²) in [5, 5.41) is 25.5. The number of carbonyl (C=O) groups excluding carboxylic acids is 4. The van der Waals surface area contributed by atoms with E-state index in [-0.39, 0.29) is 44.3 Å². The van der Waals surface area contributed by atoms with Gasteiger partial charge in [-0.1, -0.05) is 0 Å². The molecule has 4 atom stereocenters. The molecular weight excluding hydrogens is 494 g/mol. The number of guanidine groups is 2. The van der Waals surface area contributed by atoms with Crippen LogP contribution < -0.4 is 50.4 Å². The average molecular weight is 532 g/mol. The monoisotopic (exact) mass is 531 g/mol. The van der Waals surface area contributed by atoms with E-state index >= 15 is 0 Å². The van der Waals surface area contributed by atoms with Crippen LogP contribution in [0.1, 0.15) is 32.1 Å². The molecule has 0 fully saturated rings. The first-order chi connectivity index (χ1) is 17.3. The van der Waals surface area contributed by atoms with Gasteiger partial charge in [0, 0.05) is 13.1 Å². The van der Waals surface area contributed by atoms with E-state index in [1.807, 2.05) is 0 Å². The van der Waals surface area contributed by atoms with Gasteiger partial charge >= 0.3 is 5.97 Å². The molecule has 0 rings (SSSR count). The third-order valence-electron chi connectivity index (χ3n) is 4.72. The number of carboxylic acid groups (broad SMARTS) is 1. The van der Waals surface area contributed by atoms with E-state index in [0.717, 1.165) is 0 Å². The second-order valence-corrected chi connectivity index (χ2v) is 7.88. The van der Waals surface area contributed by atoms with Gasteiger partial charge in [0.05, 0.1) is 19.1 Å². The molecule has 18 nitrogen and oxygen atoms in total. The maximum atomic E-state index is 12.7. The minimum atomic E-state index is -1.60. The number of aliphatic hydroxyl groups is 1. The highest BCUT2D eigenvalue weighted by Gasteiger charge is 2.30. The Hall–Kier alpha value is -4.19. The van der Waals surface area contributed by atoms with E-state index in [4.69, 9.17) is 34.4 Å². The number of amides is 4. The Balaban J connectivity index is 5.16. The zero-order valence-electron chi connectivity index (χ0n) is 20.3. The van der Waals surface area contributed by atoms with Crippen molar-refractivity contribution < 1.29 is 34.2 Å². The molecule has 0 saturated carbocycles. The van der Waals surface area contributed by atoms with Gasteiger partial charge in [-0.25, -0.2) is 4.79 Å². The zero-order valence-corrected chi connectivity index (χ0v) is 20.3. The van der Waals surface area contributed by atoms with Crippen LogP contribution >= 0.6 is 0 Å². The van der Waals surface area contributed by atoms with Crippen LogP contribution in [-0.4, -0.2) is 95.6 Å². The number of carbonyl (C=O) groups is 5. The maximum absolute atomic E-state index is 12.7.